The summed E-state index contributed by atoms with van der Waals surface area (Å²) in [6.07, 6.45) is -0.00881. The molecule has 1 aromatic carbocycles. The number of carbonyl (C=O) groups excluding carboxylic acids is 2. The molecule has 0 unspecified atom stereocenters. The molecule has 158 valence electrons. The number of nitrogens with zero attached hydrogens (tertiary/aromatic N) is 3. The molecule has 2 aromatic heterocycles. The lowest BCUT2D eigenvalue weighted by Gasteiger charge is -2.05. The number of amides is 1. The molecule has 0 radical (unpaired) electrons. The van der Waals surface area contributed by atoms with Crippen LogP contribution in [0, 0.1) is 10.1 Å². The van der Waals surface area contributed by atoms with E-state index in [2.05, 4.69) is 9.73 Å². The van der Waals surface area contributed by atoms with Gasteiger partial charge in [-0.2, -0.15) is 4.99 Å². The summed E-state index contributed by atoms with van der Waals surface area (Å²) in [4.78, 5) is 38.5. The number of sulfonamides is 1. The van der Waals surface area contributed by atoms with Crippen molar-refractivity contribution < 1.29 is 27.7 Å². The van der Waals surface area contributed by atoms with Crippen molar-refractivity contribution in [2.24, 2.45) is 10.1 Å². The Morgan fingerprint density at radius 2 is 2.00 bits per heavy atom. The van der Waals surface area contributed by atoms with E-state index < -0.39 is 26.8 Å². The second-order valence-corrected chi connectivity index (χ2v) is 9.48. The van der Waals surface area contributed by atoms with E-state index >= 15 is 0 Å². The highest BCUT2D eigenvalue weighted by molar-refractivity contribution is 7.89. The highest BCUT2D eigenvalue weighted by atomic mass is 32.2. The summed E-state index contributed by atoms with van der Waals surface area (Å²) in [6.45, 7) is 0.123. The average molecular weight is 471 g/mol. The Morgan fingerprint density at radius 1 is 1.27 bits per heavy atom. The monoisotopic (exact) mass is 470 g/mol. The number of aryl methyl sites for hydroxylation is 1. The maximum absolute atomic E-state index is 12.5. The first kappa shape index (κ1) is 21.8. The summed E-state index contributed by atoms with van der Waals surface area (Å²) in [5.41, 5.74) is 0.542. The number of nitrogens with two attached hydrogens (primary N) is 1. The van der Waals surface area contributed by atoms with Crippen molar-refractivity contribution in [3.8, 4) is 0 Å². The van der Waals surface area contributed by atoms with Crippen molar-refractivity contribution in [3.05, 3.63) is 50.1 Å². The summed E-state index contributed by atoms with van der Waals surface area (Å²) >= 11 is 1.72. The number of rotatable bonds is 6. The molecule has 0 atom stereocenters. The van der Waals surface area contributed by atoms with Gasteiger partial charge in [0.25, 0.3) is 5.91 Å². The summed E-state index contributed by atoms with van der Waals surface area (Å²) in [5, 5.41) is 15.8. The third kappa shape index (κ3) is 4.62. The smallest absolute Gasteiger partial charge is 0.324 e. The fourth-order valence-electron chi connectivity index (χ4n) is 2.52. The van der Waals surface area contributed by atoms with Crippen molar-refractivity contribution in [2.75, 3.05) is 7.11 Å². The Bertz CT molecular complexity index is 1330. The van der Waals surface area contributed by atoms with E-state index in [1.165, 1.54) is 37.4 Å². The van der Waals surface area contributed by atoms with E-state index in [0.717, 1.165) is 11.3 Å². The third-order valence-corrected chi connectivity index (χ3v) is 6.91. The molecule has 3 aromatic rings. The Balaban J connectivity index is 2.12. The van der Waals surface area contributed by atoms with Crippen molar-refractivity contribution in [3.63, 3.8) is 0 Å². The van der Waals surface area contributed by atoms with Crippen LogP contribution in [0.25, 0.3) is 10.2 Å². The van der Waals surface area contributed by atoms with E-state index in [0.29, 0.717) is 21.6 Å². The van der Waals surface area contributed by atoms with Gasteiger partial charge in [0.05, 0.1) is 33.6 Å². The van der Waals surface area contributed by atoms with Gasteiger partial charge in [0, 0.05) is 12.6 Å². The quantitative estimate of drug-likeness (QED) is 0.325. The van der Waals surface area contributed by atoms with Gasteiger partial charge in [-0.3, -0.25) is 19.7 Å². The molecule has 30 heavy (non-hydrogen) atoms. The predicted octanol–water partition coefficient (Wildman–Crippen LogP) is 1.62. The summed E-state index contributed by atoms with van der Waals surface area (Å²) in [5.74, 6) is -1.17. The van der Waals surface area contributed by atoms with Gasteiger partial charge in [-0.1, -0.05) is 22.7 Å². The molecule has 0 aliphatic carbocycles. The van der Waals surface area contributed by atoms with E-state index in [1.807, 2.05) is 0 Å². The van der Waals surface area contributed by atoms with Crippen molar-refractivity contribution in [2.45, 2.75) is 17.9 Å². The first-order chi connectivity index (χ1) is 14.1. The van der Waals surface area contributed by atoms with E-state index in [9.17, 15) is 28.1 Å². The number of fused-ring (bicyclic) bond motifs is 1. The number of methoxy groups -OCH3 is 1. The number of thiophene rings is 1. The van der Waals surface area contributed by atoms with Gasteiger partial charge in [-0.25, -0.2) is 13.6 Å². The second kappa shape index (κ2) is 8.43. The van der Waals surface area contributed by atoms with Crippen molar-refractivity contribution in [1.29, 1.82) is 0 Å². The molecule has 0 saturated heterocycles. The first-order valence-corrected chi connectivity index (χ1v) is 11.3. The molecule has 1 amide bonds. The second-order valence-electron chi connectivity index (χ2n) is 5.85. The molecule has 0 bridgehead atoms. The van der Waals surface area contributed by atoms with Gasteiger partial charge >= 0.3 is 11.0 Å². The summed E-state index contributed by atoms with van der Waals surface area (Å²) < 4.78 is 29.9. The van der Waals surface area contributed by atoms with Gasteiger partial charge in [0.15, 0.2) is 4.80 Å². The number of aromatic nitrogens is 1. The average Bonchev–Trinajstić information content (AvgIpc) is 3.30. The molecule has 3 rings (SSSR count). The molecule has 2 heterocycles. The van der Waals surface area contributed by atoms with Gasteiger partial charge in [-0.15, -0.1) is 0 Å². The highest BCUT2D eigenvalue weighted by Gasteiger charge is 2.17. The number of hydrogen-bond acceptors (Lipinski definition) is 9. The largest absolute Gasteiger partial charge is 0.469 e. The number of primary sulfonamides is 1. The maximum atomic E-state index is 12.5. The van der Waals surface area contributed by atoms with Crippen LogP contribution in [0.5, 0.6) is 0 Å². The van der Waals surface area contributed by atoms with Gasteiger partial charge in [0.2, 0.25) is 10.0 Å². The van der Waals surface area contributed by atoms with E-state index in [4.69, 9.17) is 5.14 Å². The van der Waals surface area contributed by atoms with Gasteiger partial charge < -0.3 is 9.30 Å². The van der Waals surface area contributed by atoms with E-state index in [-0.39, 0.29) is 32.5 Å². The zero-order valence-electron chi connectivity index (χ0n) is 15.3. The Labute approximate surface area is 177 Å². The topological polar surface area (TPSA) is 164 Å². The van der Waals surface area contributed by atoms with Crippen molar-refractivity contribution >= 4 is 59.8 Å². The van der Waals surface area contributed by atoms with Crippen LogP contribution in [0.2, 0.25) is 0 Å². The number of carbonyl (C=O) groups is 2. The van der Waals surface area contributed by atoms with Gasteiger partial charge in [0.1, 0.15) is 4.88 Å². The lowest BCUT2D eigenvalue weighted by molar-refractivity contribution is -0.380. The molecule has 2 N–H and O–H groups in total. The van der Waals surface area contributed by atoms with Crippen molar-refractivity contribution in [1.82, 2.24) is 4.57 Å². The molecule has 0 spiro atoms. The highest BCUT2D eigenvalue weighted by Crippen LogP contribution is 2.25. The Morgan fingerprint density at radius 3 is 2.60 bits per heavy atom. The van der Waals surface area contributed by atoms with Crippen LogP contribution < -0.4 is 9.94 Å². The third-order valence-electron chi connectivity index (χ3n) is 3.93. The molecular formula is C16H14N4O7S3. The normalized spacial score (nSPS) is 12.3. The zero-order chi connectivity index (χ0) is 22.1. The fourth-order valence-corrected chi connectivity index (χ4v) is 4.93. The maximum Gasteiger partial charge on any atom is 0.324 e. The van der Waals surface area contributed by atoms with Crippen LogP contribution in [-0.2, 0) is 26.1 Å². The Kier molecular flexibility index (Phi) is 6.12. The number of benzene rings is 1. The number of thiazole rings is 1. The fraction of sp³-hybridized carbons (Fsp3) is 0.188. The lowest BCUT2D eigenvalue weighted by Crippen LogP contribution is -2.19. The standard InChI is InChI=1S/C16H14N4O7S3/c1-27-14(21)6-7-19-10-3-2-9(30(17,25)26)8-12(10)29-16(19)18-15(22)11-4-5-13(28-11)20(23)24/h2-5,8H,6-7H2,1H3,(H2,17,25,26). The number of nitro groups is 1. The molecule has 11 nitrogen and oxygen atoms in total. The number of hydrogen-bond donors (Lipinski definition) is 1. The number of ether oxygens (including phenoxy) is 1. The predicted molar refractivity (Wildman–Crippen MR) is 109 cm³/mol. The molecule has 14 heteroatoms. The summed E-state index contributed by atoms with van der Waals surface area (Å²) in [7, 11) is -2.69. The lowest BCUT2D eigenvalue weighted by atomic mass is 10.3. The van der Waals surface area contributed by atoms with Crippen LogP contribution in [0.1, 0.15) is 16.1 Å². The van der Waals surface area contributed by atoms with Crippen LogP contribution in [-0.4, -0.2) is 36.9 Å². The van der Waals surface area contributed by atoms with Crippen LogP contribution in [0.3, 0.4) is 0 Å². The molecule has 0 aliphatic heterocycles. The van der Waals surface area contributed by atoms with Crippen LogP contribution in [0.4, 0.5) is 5.00 Å². The SMILES string of the molecule is COC(=O)CCn1c(=NC(=O)c2ccc([N+](=O)[O-])s2)sc2cc(S(N)(=O)=O)ccc21. The minimum Gasteiger partial charge on any atom is -0.469 e. The zero-order valence-corrected chi connectivity index (χ0v) is 17.8. The minimum atomic E-state index is -3.94. The van der Waals surface area contributed by atoms with Crippen LogP contribution in [0.15, 0.2) is 40.2 Å². The van der Waals surface area contributed by atoms with Crippen LogP contribution >= 0.6 is 22.7 Å². The minimum absolute atomic E-state index is 0.00881. The molecule has 0 fully saturated rings. The van der Waals surface area contributed by atoms with E-state index in [1.54, 1.807) is 4.57 Å². The molecule has 0 saturated carbocycles. The number of esters is 1. The first-order valence-electron chi connectivity index (χ1n) is 8.16. The molecular weight excluding hydrogens is 456 g/mol. The van der Waals surface area contributed by atoms with Gasteiger partial charge in [-0.05, 0) is 24.3 Å². The Hall–Kier alpha value is -2.94. The summed E-state index contributed by atoms with van der Waals surface area (Å²) in [6, 6.07) is 6.68. The molecule has 0 aliphatic rings.